The first-order valence-electron chi connectivity index (χ1n) is 9.26. The molecule has 0 aromatic heterocycles. The fraction of sp³-hybridized carbons (Fsp3) is 0.409. The zero-order valence-electron chi connectivity index (χ0n) is 14.7. The van der Waals surface area contributed by atoms with Gasteiger partial charge >= 0.3 is 0 Å². The van der Waals surface area contributed by atoms with Gasteiger partial charge in [-0.3, -0.25) is 4.79 Å². The number of nitrogens with one attached hydrogen (secondary N) is 1. The topological polar surface area (TPSA) is 29.1 Å². The smallest absolute Gasteiger partial charge is 0.251 e. The van der Waals surface area contributed by atoms with Crippen molar-refractivity contribution in [1.82, 2.24) is 5.32 Å². The van der Waals surface area contributed by atoms with Gasteiger partial charge in [-0.25, -0.2) is 0 Å². The van der Waals surface area contributed by atoms with E-state index in [0.717, 1.165) is 23.2 Å². The van der Waals surface area contributed by atoms with E-state index in [4.69, 9.17) is 0 Å². The monoisotopic (exact) mass is 351 g/mol. The van der Waals surface area contributed by atoms with Crippen LogP contribution in [0, 0.1) is 18.8 Å². The van der Waals surface area contributed by atoms with Gasteiger partial charge in [-0.2, -0.15) is 0 Å². The summed E-state index contributed by atoms with van der Waals surface area (Å²) >= 11 is 1.83. The van der Waals surface area contributed by atoms with E-state index < -0.39 is 0 Å². The molecule has 2 bridgehead atoms. The molecule has 0 heterocycles. The minimum Gasteiger partial charge on any atom is -0.349 e. The summed E-state index contributed by atoms with van der Waals surface area (Å²) in [5.41, 5.74) is 3.32. The predicted molar refractivity (Wildman–Crippen MR) is 104 cm³/mol. The van der Waals surface area contributed by atoms with Crippen molar-refractivity contribution in [1.29, 1.82) is 0 Å². The highest BCUT2D eigenvalue weighted by molar-refractivity contribution is 7.98. The molecule has 1 N–H and O–H groups in total. The van der Waals surface area contributed by atoms with Crippen molar-refractivity contribution in [2.24, 2.45) is 11.8 Å². The molecule has 0 radical (unpaired) electrons. The van der Waals surface area contributed by atoms with Gasteiger partial charge in [-0.05, 0) is 67.9 Å². The van der Waals surface area contributed by atoms with Crippen LogP contribution in [0.4, 0.5) is 0 Å². The van der Waals surface area contributed by atoms with Gasteiger partial charge < -0.3 is 5.32 Å². The number of carbonyl (C=O) groups is 1. The molecule has 0 saturated heterocycles. The van der Waals surface area contributed by atoms with Gasteiger partial charge in [-0.15, -0.1) is 11.8 Å². The van der Waals surface area contributed by atoms with Gasteiger partial charge in [0.05, 0.1) is 0 Å². The fourth-order valence-electron chi connectivity index (χ4n) is 4.23. The van der Waals surface area contributed by atoms with Crippen molar-refractivity contribution in [3.8, 4) is 0 Å². The van der Waals surface area contributed by atoms with Gasteiger partial charge in [0.1, 0.15) is 0 Å². The molecule has 1 amide bonds. The first kappa shape index (κ1) is 16.7. The number of carbonyl (C=O) groups excluding carboxylic acids is 1. The standard InChI is InChI=1S/C22H25NOS/c1-15-2-10-20(11-3-15)25-14-16-4-7-18(8-5-16)22(24)23-21-13-17-6-9-19(21)12-17/h2-5,7-8,10-11,17,19,21H,6,9,12-14H2,1H3,(H,23,24)/t17-,19-,21+/m1/s1. The van der Waals surface area contributed by atoms with Crippen LogP contribution in [0.15, 0.2) is 53.4 Å². The average Bonchev–Trinajstić information content (AvgIpc) is 3.25. The SMILES string of the molecule is Cc1ccc(SCc2ccc(C(=O)N[C@H]3C[C@@H]4CC[C@@H]3C4)cc2)cc1. The first-order valence-corrected chi connectivity index (χ1v) is 10.3. The summed E-state index contributed by atoms with van der Waals surface area (Å²) in [4.78, 5) is 13.8. The normalized spacial score (nSPS) is 24.4. The first-order chi connectivity index (χ1) is 12.2. The molecule has 2 aromatic rings. The quantitative estimate of drug-likeness (QED) is 0.750. The Bertz CT molecular complexity index is 738. The zero-order valence-corrected chi connectivity index (χ0v) is 15.5. The van der Waals surface area contributed by atoms with E-state index in [-0.39, 0.29) is 5.91 Å². The minimum atomic E-state index is 0.0929. The second-order valence-electron chi connectivity index (χ2n) is 7.55. The van der Waals surface area contributed by atoms with Crippen molar-refractivity contribution >= 4 is 17.7 Å². The summed E-state index contributed by atoms with van der Waals surface area (Å²) in [6.45, 7) is 2.11. The van der Waals surface area contributed by atoms with Crippen molar-refractivity contribution in [3.63, 3.8) is 0 Å². The number of rotatable bonds is 5. The summed E-state index contributed by atoms with van der Waals surface area (Å²) in [6.07, 6.45) is 5.16. The maximum absolute atomic E-state index is 12.5. The maximum Gasteiger partial charge on any atom is 0.251 e. The Kier molecular flexibility index (Phi) is 4.85. The third-order valence-electron chi connectivity index (χ3n) is 5.70. The Labute approximate surface area is 154 Å². The zero-order chi connectivity index (χ0) is 17.2. The molecule has 130 valence electrons. The van der Waals surface area contributed by atoms with Crippen LogP contribution in [0.5, 0.6) is 0 Å². The fourth-order valence-corrected chi connectivity index (χ4v) is 5.08. The van der Waals surface area contributed by atoms with Crippen LogP contribution in [0.25, 0.3) is 0 Å². The lowest BCUT2D eigenvalue weighted by Gasteiger charge is -2.22. The van der Waals surface area contributed by atoms with Gasteiger partial charge in [-0.1, -0.05) is 36.2 Å². The van der Waals surface area contributed by atoms with Crippen molar-refractivity contribution in [3.05, 3.63) is 65.2 Å². The lowest BCUT2D eigenvalue weighted by atomic mass is 9.95. The number of hydrogen-bond acceptors (Lipinski definition) is 2. The second-order valence-corrected chi connectivity index (χ2v) is 8.60. The molecule has 2 saturated carbocycles. The van der Waals surface area contributed by atoms with Gasteiger partial charge in [0.15, 0.2) is 0 Å². The van der Waals surface area contributed by atoms with Gasteiger partial charge in [0.25, 0.3) is 5.91 Å². The minimum absolute atomic E-state index is 0.0929. The highest BCUT2D eigenvalue weighted by Gasteiger charge is 2.40. The number of amides is 1. The Morgan fingerprint density at radius 1 is 1.04 bits per heavy atom. The summed E-state index contributed by atoms with van der Waals surface area (Å²) in [6, 6.07) is 17.1. The van der Waals surface area contributed by atoms with E-state index in [1.54, 1.807) is 0 Å². The Morgan fingerprint density at radius 2 is 1.80 bits per heavy atom. The lowest BCUT2D eigenvalue weighted by Crippen LogP contribution is -2.38. The molecule has 3 atom stereocenters. The van der Waals surface area contributed by atoms with Gasteiger partial charge in [0, 0.05) is 22.3 Å². The summed E-state index contributed by atoms with van der Waals surface area (Å²) < 4.78 is 0. The average molecular weight is 352 g/mol. The molecule has 2 aromatic carbocycles. The Morgan fingerprint density at radius 3 is 2.44 bits per heavy atom. The van der Waals surface area contributed by atoms with Crippen molar-refractivity contribution < 1.29 is 4.79 Å². The van der Waals surface area contributed by atoms with E-state index in [1.807, 2.05) is 23.9 Å². The molecule has 3 heteroatoms. The summed E-state index contributed by atoms with van der Waals surface area (Å²) in [7, 11) is 0. The van der Waals surface area contributed by atoms with E-state index in [0.29, 0.717) is 6.04 Å². The molecule has 2 nitrogen and oxygen atoms in total. The van der Waals surface area contributed by atoms with Gasteiger partial charge in [0.2, 0.25) is 0 Å². The molecule has 25 heavy (non-hydrogen) atoms. The van der Waals surface area contributed by atoms with Crippen LogP contribution in [-0.2, 0) is 5.75 Å². The van der Waals surface area contributed by atoms with Crippen LogP contribution in [0.2, 0.25) is 0 Å². The second kappa shape index (κ2) is 7.25. The number of hydrogen-bond donors (Lipinski definition) is 1. The third-order valence-corrected chi connectivity index (χ3v) is 6.78. The highest BCUT2D eigenvalue weighted by Crippen LogP contribution is 2.44. The molecular formula is C22H25NOS. The molecule has 2 aliphatic carbocycles. The van der Waals surface area contributed by atoms with E-state index in [1.165, 1.54) is 41.7 Å². The number of benzene rings is 2. The van der Waals surface area contributed by atoms with Crippen LogP contribution in [0.1, 0.15) is 47.2 Å². The van der Waals surface area contributed by atoms with Crippen molar-refractivity contribution in [2.75, 3.05) is 0 Å². The number of thioether (sulfide) groups is 1. The lowest BCUT2D eigenvalue weighted by molar-refractivity contribution is 0.0923. The van der Waals surface area contributed by atoms with E-state index in [9.17, 15) is 4.79 Å². The molecule has 4 rings (SSSR count). The molecule has 0 spiro atoms. The van der Waals surface area contributed by atoms with Crippen LogP contribution in [-0.4, -0.2) is 11.9 Å². The molecule has 0 unspecified atom stereocenters. The van der Waals surface area contributed by atoms with Crippen molar-refractivity contribution in [2.45, 2.75) is 49.3 Å². The molecule has 0 aliphatic heterocycles. The van der Waals surface area contributed by atoms with E-state index >= 15 is 0 Å². The van der Waals surface area contributed by atoms with E-state index in [2.05, 4.69) is 48.6 Å². The highest BCUT2D eigenvalue weighted by atomic mass is 32.2. The molecule has 2 aliphatic rings. The maximum atomic E-state index is 12.5. The summed E-state index contributed by atoms with van der Waals surface area (Å²) in [5.74, 6) is 2.60. The summed E-state index contributed by atoms with van der Waals surface area (Å²) in [5, 5.41) is 3.27. The largest absolute Gasteiger partial charge is 0.349 e. The number of fused-ring (bicyclic) bond motifs is 2. The van der Waals surface area contributed by atoms with Crippen LogP contribution in [0.3, 0.4) is 0 Å². The predicted octanol–water partition coefficient (Wildman–Crippen LogP) is 5.21. The van der Waals surface area contributed by atoms with Crippen LogP contribution >= 0.6 is 11.8 Å². The Balaban J connectivity index is 1.31. The number of aryl methyl sites for hydroxylation is 1. The molecule has 2 fully saturated rings. The Hall–Kier alpha value is -1.74. The molecular weight excluding hydrogens is 326 g/mol. The third kappa shape index (κ3) is 3.92. The van der Waals surface area contributed by atoms with Crippen LogP contribution < -0.4 is 5.32 Å².